The molecule has 0 aliphatic rings. The number of ether oxygens (including phenoxy) is 1. The van der Waals surface area contributed by atoms with Crippen LogP contribution in [0.4, 0.5) is 22.0 Å². The highest BCUT2D eigenvalue weighted by molar-refractivity contribution is 7.91. The molecule has 0 aliphatic heterocycles. The van der Waals surface area contributed by atoms with E-state index in [9.17, 15) is 31.1 Å². The number of benzene rings is 3. The number of halogens is 5. The number of para-hydroxylation sites is 1. The molecule has 0 amide bonds. The standard InChI is InChI=1S/C24H19F5N2O4S/c1-2-36(33,34)14-9-7-13(8-10-14)16(12-32)23-30-18-11-17(25)20(21(26)22(18)31-23)15-5-3-4-6-19(15)35-24(27,28)29/h3-11,16,32H,2,12H2,1H3,(H,30,31). The molecule has 0 bridgehead atoms. The van der Waals surface area contributed by atoms with Gasteiger partial charge in [0.25, 0.3) is 0 Å². The molecular weight excluding hydrogens is 507 g/mol. The number of aromatic nitrogens is 2. The van der Waals surface area contributed by atoms with Gasteiger partial charge in [-0.15, -0.1) is 13.2 Å². The maximum absolute atomic E-state index is 15.4. The Morgan fingerprint density at radius 2 is 1.75 bits per heavy atom. The number of nitrogens with zero attached hydrogens (tertiary/aromatic N) is 1. The largest absolute Gasteiger partial charge is 0.573 e. The third-order valence-electron chi connectivity index (χ3n) is 5.60. The van der Waals surface area contributed by atoms with Crippen LogP contribution in [0, 0.1) is 11.6 Å². The lowest BCUT2D eigenvalue weighted by Crippen LogP contribution is -2.17. The summed E-state index contributed by atoms with van der Waals surface area (Å²) in [6, 6.07) is 11.1. The number of alkyl halides is 3. The van der Waals surface area contributed by atoms with Gasteiger partial charge in [-0.25, -0.2) is 22.2 Å². The van der Waals surface area contributed by atoms with E-state index in [4.69, 9.17) is 0 Å². The highest BCUT2D eigenvalue weighted by Crippen LogP contribution is 2.39. The van der Waals surface area contributed by atoms with Crippen LogP contribution in [0.25, 0.3) is 22.2 Å². The molecular formula is C24H19F5N2O4S. The first-order valence-corrected chi connectivity index (χ1v) is 12.3. The van der Waals surface area contributed by atoms with Crippen LogP contribution < -0.4 is 4.74 Å². The molecule has 190 valence electrons. The number of hydrogen-bond donors (Lipinski definition) is 2. The first kappa shape index (κ1) is 25.6. The molecule has 1 atom stereocenters. The maximum atomic E-state index is 15.4. The van der Waals surface area contributed by atoms with E-state index < -0.39 is 57.2 Å². The number of rotatable bonds is 7. The van der Waals surface area contributed by atoms with Gasteiger partial charge in [0.15, 0.2) is 15.7 Å². The fourth-order valence-electron chi connectivity index (χ4n) is 3.82. The number of nitrogens with one attached hydrogen (secondary N) is 1. The van der Waals surface area contributed by atoms with Crippen LogP contribution in [0.15, 0.2) is 59.5 Å². The third-order valence-corrected chi connectivity index (χ3v) is 7.35. The van der Waals surface area contributed by atoms with Crippen molar-refractivity contribution < 1.29 is 40.2 Å². The Morgan fingerprint density at radius 3 is 2.36 bits per heavy atom. The van der Waals surface area contributed by atoms with Gasteiger partial charge >= 0.3 is 6.36 Å². The molecule has 0 spiro atoms. The number of imidazole rings is 1. The second-order valence-electron chi connectivity index (χ2n) is 7.82. The summed E-state index contributed by atoms with van der Waals surface area (Å²) in [5.41, 5.74) is -1.19. The second-order valence-corrected chi connectivity index (χ2v) is 10.1. The average Bonchev–Trinajstić information content (AvgIpc) is 3.24. The Morgan fingerprint density at radius 1 is 1.08 bits per heavy atom. The van der Waals surface area contributed by atoms with Crippen LogP contribution in [0.1, 0.15) is 24.2 Å². The van der Waals surface area contributed by atoms with Crippen molar-refractivity contribution >= 4 is 20.9 Å². The Hall–Kier alpha value is -3.51. The zero-order chi connectivity index (χ0) is 26.3. The van der Waals surface area contributed by atoms with E-state index in [0.717, 1.165) is 18.2 Å². The van der Waals surface area contributed by atoms with Gasteiger partial charge in [0, 0.05) is 11.6 Å². The van der Waals surface area contributed by atoms with Crippen molar-refractivity contribution in [2.75, 3.05) is 12.4 Å². The van der Waals surface area contributed by atoms with Crippen molar-refractivity contribution in [2.24, 2.45) is 0 Å². The third kappa shape index (κ3) is 4.91. The van der Waals surface area contributed by atoms with Crippen molar-refractivity contribution in [3.63, 3.8) is 0 Å². The predicted octanol–water partition coefficient (Wildman–Crippen LogP) is 5.32. The van der Waals surface area contributed by atoms with Gasteiger partial charge in [0.1, 0.15) is 22.9 Å². The van der Waals surface area contributed by atoms with E-state index in [1.165, 1.54) is 43.3 Å². The topological polar surface area (TPSA) is 92.3 Å². The van der Waals surface area contributed by atoms with Crippen molar-refractivity contribution in [1.29, 1.82) is 0 Å². The van der Waals surface area contributed by atoms with Gasteiger partial charge in [-0.3, -0.25) is 0 Å². The van der Waals surface area contributed by atoms with Crippen molar-refractivity contribution in [1.82, 2.24) is 9.97 Å². The lowest BCUT2D eigenvalue weighted by Gasteiger charge is -2.14. The van der Waals surface area contributed by atoms with Crippen LogP contribution in [0.2, 0.25) is 0 Å². The van der Waals surface area contributed by atoms with Crippen LogP contribution in [0.5, 0.6) is 5.75 Å². The lowest BCUT2D eigenvalue weighted by molar-refractivity contribution is -0.274. The van der Waals surface area contributed by atoms with Crippen LogP contribution in [0.3, 0.4) is 0 Å². The smallest absolute Gasteiger partial charge is 0.405 e. The number of hydrogen-bond acceptors (Lipinski definition) is 5. The van der Waals surface area contributed by atoms with Crippen LogP contribution in [-0.2, 0) is 9.84 Å². The van der Waals surface area contributed by atoms with Gasteiger partial charge < -0.3 is 14.8 Å². The zero-order valence-electron chi connectivity index (χ0n) is 18.6. The molecule has 0 saturated heterocycles. The van der Waals surface area contributed by atoms with E-state index in [1.807, 2.05) is 0 Å². The molecule has 4 rings (SSSR count). The molecule has 12 heteroatoms. The zero-order valence-corrected chi connectivity index (χ0v) is 19.4. The summed E-state index contributed by atoms with van der Waals surface area (Å²) in [4.78, 5) is 6.96. The molecule has 2 N–H and O–H groups in total. The summed E-state index contributed by atoms with van der Waals surface area (Å²) >= 11 is 0. The number of H-pyrrole nitrogens is 1. The lowest BCUT2D eigenvalue weighted by atomic mass is 9.99. The summed E-state index contributed by atoms with van der Waals surface area (Å²) in [7, 11) is -3.45. The van der Waals surface area contributed by atoms with E-state index in [1.54, 1.807) is 0 Å². The number of aromatic amines is 1. The summed E-state index contributed by atoms with van der Waals surface area (Å²) < 4.78 is 96.8. The Labute approximate surface area is 202 Å². The Bertz CT molecular complexity index is 1520. The fourth-order valence-corrected chi connectivity index (χ4v) is 4.71. The second kappa shape index (κ2) is 9.51. The van der Waals surface area contributed by atoms with E-state index in [0.29, 0.717) is 5.56 Å². The van der Waals surface area contributed by atoms with Crippen molar-refractivity contribution in [2.45, 2.75) is 24.1 Å². The molecule has 1 heterocycles. The minimum atomic E-state index is -5.08. The van der Waals surface area contributed by atoms with E-state index in [-0.39, 0.29) is 27.5 Å². The predicted molar refractivity (Wildman–Crippen MR) is 121 cm³/mol. The number of sulfone groups is 1. The molecule has 0 fully saturated rings. The molecule has 3 aromatic carbocycles. The summed E-state index contributed by atoms with van der Waals surface area (Å²) in [6.07, 6.45) is -5.08. The average molecular weight is 526 g/mol. The number of fused-ring (bicyclic) bond motifs is 1. The molecule has 36 heavy (non-hydrogen) atoms. The molecule has 0 saturated carbocycles. The Kier molecular flexibility index (Phi) is 6.76. The SMILES string of the molecule is CCS(=O)(=O)c1ccc(C(CO)c2nc3c(F)c(-c4ccccc4OC(F)(F)F)c(F)cc3[nH]2)cc1. The monoisotopic (exact) mass is 526 g/mol. The van der Waals surface area contributed by atoms with Gasteiger partial charge in [-0.1, -0.05) is 37.3 Å². The van der Waals surface area contributed by atoms with Gasteiger partial charge in [0.2, 0.25) is 0 Å². The minimum Gasteiger partial charge on any atom is -0.405 e. The van der Waals surface area contributed by atoms with E-state index in [2.05, 4.69) is 14.7 Å². The molecule has 1 unspecified atom stereocenters. The summed E-state index contributed by atoms with van der Waals surface area (Å²) in [5.74, 6) is -4.04. The Balaban J connectivity index is 1.79. The highest BCUT2D eigenvalue weighted by atomic mass is 32.2. The van der Waals surface area contributed by atoms with E-state index >= 15 is 4.39 Å². The normalized spacial score (nSPS) is 13.2. The first-order chi connectivity index (χ1) is 16.9. The van der Waals surface area contributed by atoms with Crippen molar-refractivity contribution in [3.05, 3.63) is 77.6 Å². The van der Waals surface area contributed by atoms with Crippen LogP contribution >= 0.6 is 0 Å². The number of aliphatic hydroxyl groups is 1. The molecule has 4 aromatic rings. The molecule has 0 radical (unpaired) electrons. The number of aliphatic hydroxyl groups excluding tert-OH is 1. The molecule has 1 aromatic heterocycles. The minimum absolute atomic E-state index is 0.0499. The van der Waals surface area contributed by atoms with Gasteiger partial charge in [-0.05, 0) is 23.8 Å². The fraction of sp³-hybridized carbons (Fsp3) is 0.208. The van der Waals surface area contributed by atoms with Crippen LogP contribution in [-0.4, -0.2) is 42.2 Å². The summed E-state index contributed by atoms with van der Waals surface area (Å²) in [5, 5.41) is 9.97. The molecule has 0 aliphatic carbocycles. The highest BCUT2D eigenvalue weighted by Gasteiger charge is 2.33. The molecule has 6 nitrogen and oxygen atoms in total. The quantitative estimate of drug-likeness (QED) is 0.318. The van der Waals surface area contributed by atoms with Gasteiger partial charge in [-0.2, -0.15) is 0 Å². The first-order valence-electron chi connectivity index (χ1n) is 10.6. The van der Waals surface area contributed by atoms with Crippen molar-refractivity contribution in [3.8, 4) is 16.9 Å². The maximum Gasteiger partial charge on any atom is 0.573 e. The summed E-state index contributed by atoms with van der Waals surface area (Å²) in [6.45, 7) is 1.00. The van der Waals surface area contributed by atoms with Gasteiger partial charge in [0.05, 0.1) is 34.3 Å².